The van der Waals surface area contributed by atoms with Gasteiger partial charge in [-0.05, 0) is 32.3 Å². The van der Waals surface area contributed by atoms with E-state index in [1.807, 2.05) is 4.90 Å². The summed E-state index contributed by atoms with van der Waals surface area (Å²) in [4.78, 5) is 11.8. The predicted molar refractivity (Wildman–Crippen MR) is 83.4 cm³/mol. The first-order chi connectivity index (χ1) is 10.8. The van der Waals surface area contributed by atoms with E-state index in [-0.39, 0.29) is 23.2 Å². The van der Waals surface area contributed by atoms with Crippen LogP contribution < -0.4 is 4.72 Å². The van der Waals surface area contributed by atoms with Crippen LogP contribution >= 0.6 is 0 Å². The van der Waals surface area contributed by atoms with Crippen molar-refractivity contribution in [3.05, 3.63) is 58.5 Å². The molecule has 0 saturated heterocycles. The fraction of sp³-hybridized carbons (Fsp3) is 0.286. The van der Waals surface area contributed by atoms with Crippen LogP contribution in [0.4, 0.5) is 5.69 Å². The number of rotatable bonds is 7. The van der Waals surface area contributed by atoms with Gasteiger partial charge in [0.15, 0.2) is 0 Å². The molecule has 0 aliphatic carbocycles. The quantitative estimate of drug-likeness (QED) is 0.609. The Morgan fingerprint density at radius 3 is 2.61 bits per heavy atom. The second kappa shape index (κ2) is 6.90. The maximum Gasteiger partial charge on any atom is 0.270 e. The van der Waals surface area contributed by atoms with Crippen molar-refractivity contribution >= 4 is 15.7 Å². The Kier molecular flexibility index (Phi) is 5.14. The molecule has 8 nitrogen and oxygen atoms in total. The molecule has 0 unspecified atom stereocenters. The van der Waals surface area contributed by atoms with E-state index in [0.717, 1.165) is 6.07 Å². The van der Waals surface area contributed by atoms with E-state index in [9.17, 15) is 18.5 Å². The van der Waals surface area contributed by atoms with Gasteiger partial charge in [-0.25, -0.2) is 13.1 Å². The van der Waals surface area contributed by atoms with Crippen molar-refractivity contribution in [2.24, 2.45) is 0 Å². The van der Waals surface area contributed by atoms with Gasteiger partial charge in [-0.3, -0.25) is 15.0 Å². The highest BCUT2D eigenvalue weighted by Gasteiger charge is 2.22. The van der Waals surface area contributed by atoms with Gasteiger partial charge in [0, 0.05) is 18.7 Å². The fourth-order valence-electron chi connectivity index (χ4n) is 2.05. The zero-order chi connectivity index (χ0) is 17.0. The summed E-state index contributed by atoms with van der Waals surface area (Å²) in [5.74, 6) is 0.622. The third-order valence-electron chi connectivity index (χ3n) is 3.30. The van der Waals surface area contributed by atoms with E-state index in [1.54, 1.807) is 26.2 Å². The molecule has 0 bridgehead atoms. The summed E-state index contributed by atoms with van der Waals surface area (Å²) in [7, 11) is -0.258. The maximum atomic E-state index is 12.3. The number of likely N-dealkylation sites (N-methyl/N-ethyl adjacent to an activating group) is 1. The molecule has 0 amide bonds. The summed E-state index contributed by atoms with van der Waals surface area (Å²) >= 11 is 0. The van der Waals surface area contributed by atoms with Gasteiger partial charge >= 0.3 is 0 Å². The second-order valence-corrected chi connectivity index (χ2v) is 6.87. The minimum Gasteiger partial charge on any atom is -0.468 e. The number of sulfonamides is 1. The third kappa shape index (κ3) is 4.15. The van der Waals surface area contributed by atoms with Crippen LogP contribution in [0.5, 0.6) is 0 Å². The molecule has 0 saturated carbocycles. The number of non-ortho nitro benzene ring substituents is 1. The lowest BCUT2D eigenvalue weighted by atomic mass is 10.2. The average Bonchev–Trinajstić information content (AvgIpc) is 3.01. The molecule has 0 fully saturated rings. The number of hydrogen-bond donors (Lipinski definition) is 1. The second-order valence-electron chi connectivity index (χ2n) is 5.10. The summed E-state index contributed by atoms with van der Waals surface area (Å²) in [6.07, 6.45) is 1.51. The molecule has 2 aromatic rings. The minimum atomic E-state index is -3.86. The van der Waals surface area contributed by atoms with Gasteiger partial charge in [0.2, 0.25) is 10.0 Å². The van der Waals surface area contributed by atoms with Gasteiger partial charge in [0.25, 0.3) is 5.69 Å². The van der Waals surface area contributed by atoms with Crippen molar-refractivity contribution in [1.29, 1.82) is 0 Å². The molecular formula is C14H17N3O5S. The van der Waals surface area contributed by atoms with Gasteiger partial charge < -0.3 is 4.42 Å². The maximum absolute atomic E-state index is 12.3. The van der Waals surface area contributed by atoms with Crippen LogP contribution in [0.25, 0.3) is 0 Å². The highest BCUT2D eigenvalue weighted by Crippen LogP contribution is 2.20. The zero-order valence-electron chi connectivity index (χ0n) is 12.7. The molecule has 1 aromatic heterocycles. The molecule has 0 aliphatic heterocycles. The van der Waals surface area contributed by atoms with Crippen molar-refractivity contribution < 1.29 is 17.8 Å². The van der Waals surface area contributed by atoms with Gasteiger partial charge in [0.1, 0.15) is 5.76 Å². The van der Waals surface area contributed by atoms with Crippen LogP contribution in [0.1, 0.15) is 11.8 Å². The lowest BCUT2D eigenvalue weighted by Gasteiger charge is -2.22. The molecule has 0 aliphatic rings. The Hall–Kier alpha value is -2.23. The first-order valence-corrected chi connectivity index (χ1v) is 8.23. The van der Waals surface area contributed by atoms with Crippen LogP contribution in [0, 0.1) is 10.1 Å². The number of benzene rings is 1. The molecule has 23 heavy (non-hydrogen) atoms. The van der Waals surface area contributed by atoms with Crippen molar-refractivity contribution in [3.8, 4) is 0 Å². The standard InChI is InChI=1S/C14H17N3O5S/c1-16(2)13(14-7-4-8-22-14)10-15-23(20,21)12-6-3-5-11(9-12)17(18)19/h3-9,13,15H,10H2,1-2H3/t13-/m1/s1. The van der Waals surface area contributed by atoms with E-state index in [4.69, 9.17) is 4.42 Å². The summed E-state index contributed by atoms with van der Waals surface area (Å²) in [5, 5.41) is 10.8. The molecular weight excluding hydrogens is 322 g/mol. The Morgan fingerprint density at radius 1 is 1.30 bits per heavy atom. The molecule has 0 spiro atoms. The number of hydrogen-bond acceptors (Lipinski definition) is 6. The predicted octanol–water partition coefficient (Wildman–Crippen LogP) is 1.77. The average molecular weight is 339 g/mol. The molecule has 1 N–H and O–H groups in total. The number of furan rings is 1. The molecule has 1 aromatic carbocycles. The van der Waals surface area contributed by atoms with Crippen LogP contribution in [0.2, 0.25) is 0 Å². The van der Waals surface area contributed by atoms with Crippen molar-refractivity contribution in [3.63, 3.8) is 0 Å². The molecule has 124 valence electrons. The lowest BCUT2D eigenvalue weighted by Crippen LogP contribution is -2.34. The number of nitro benzene ring substituents is 1. The zero-order valence-corrected chi connectivity index (χ0v) is 13.5. The Bertz CT molecular complexity index is 771. The van der Waals surface area contributed by atoms with Gasteiger partial charge in [-0.2, -0.15) is 0 Å². The minimum absolute atomic E-state index is 0.0749. The highest BCUT2D eigenvalue weighted by atomic mass is 32.2. The topological polar surface area (TPSA) is 106 Å². The van der Waals surface area contributed by atoms with Gasteiger partial charge in [-0.1, -0.05) is 6.07 Å². The van der Waals surface area contributed by atoms with Crippen LogP contribution in [-0.2, 0) is 10.0 Å². The lowest BCUT2D eigenvalue weighted by molar-refractivity contribution is -0.385. The number of nitrogens with zero attached hydrogens (tertiary/aromatic N) is 2. The van der Waals surface area contributed by atoms with Gasteiger partial charge in [0.05, 0.1) is 22.1 Å². The van der Waals surface area contributed by atoms with E-state index in [0.29, 0.717) is 5.76 Å². The molecule has 9 heteroatoms. The largest absolute Gasteiger partial charge is 0.468 e. The van der Waals surface area contributed by atoms with E-state index in [2.05, 4.69) is 4.72 Å². The SMILES string of the molecule is CN(C)[C@H](CNS(=O)(=O)c1cccc([N+](=O)[O-])c1)c1ccco1. The van der Waals surface area contributed by atoms with Crippen LogP contribution in [0.15, 0.2) is 52.0 Å². The summed E-state index contributed by atoms with van der Waals surface area (Å²) in [6, 6.07) is 8.10. The summed E-state index contributed by atoms with van der Waals surface area (Å²) in [6.45, 7) is 0.0749. The van der Waals surface area contributed by atoms with Crippen molar-refractivity contribution in [2.75, 3.05) is 20.6 Å². The summed E-state index contributed by atoms with van der Waals surface area (Å²) < 4.78 is 32.4. The smallest absolute Gasteiger partial charge is 0.270 e. The van der Waals surface area contributed by atoms with E-state index >= 15 is 0 Å². The summed E-state index contributed by atoms with van der Waals surface area (Å²) in [5.41, 5.74) is -0.275. The fourth-order valence-corrected chi connectivity index (χ4v) is 3.13. The number of nitrogens with one attached hydrogen (secondary N) is 1. The normalized spacial score (nSPS) is 13.2. The number of nitro groups is 1. The third-order valence-corrected chi connectivity index (χ3v) is 4.72. The molecule has 1 heterocycles. The molecule has 1 atom stereocenters. The highest BCUT2D eigenvalue weighted by molar-refractivity contribution is 7.89. The van der Waals surface area contributed by atoms with Crippen LogP contribution in [-0.4, -0.2) is 38.9 Å². The Labute approximate surface area is 133 Å². The Morgan fingerprint density at radius 2 is 2.04 bits per heavy atom. The molecule has 0 radical (unpaired) electrons. The van der Waals surface area contributed by atoms with Crippen molar-refractivity contribution in [2.45, 2.75) is 10.9 Å². The first kappa shape index (κ1) is 17.1. The monoisotopic (exact) mass is 339 g/mol. The van der Waals surface area contributed by atoms with E-state index in [1.165, 1.54) is 24.5 Å². The van der Waals surface area contributed by atoms with Crippen LogP contribution in [0.3, 0.4) is 0 Å². The first-order valence-electron chi connectivity index (χ1n) is 6.75. The molecule has 2 rings (SSSR count). The Balaban J connectivity index is 2.18. The van der Waals surface area contributed by atoms with E-state index < -0.39 is 14.9 Å². The van der Waals surface area contributed by atoms with Crippen molar-refractivity contribution in [1.82, 2.24) is 9.62 Å². The van der Waals surface area contributed by atoms with Gasteiger partial charge in [-0.15, -0.1) is 0 Å².